The number of benzene rings is 1. The van der Waals surface area contributed by atoms with Gasteiger partial charge in [0.05, 0.1) is 5.56 Å². The molecule has 0 aliphatic heterocycles. The van der Waals surface area contributed by atoms with Gasteiger partial charge in [0, 0.05) is 6.04 Å². The summed E-state index contributed by atoms with van der Waals surface area (Å²) < 4.78 is 13.2. The van der Waals surface area contributed by atoms with Crippen LogP contribution in [0.2, 0.25) is 0 Å². The fourth-order valence-electron chi connectivity index (χ4n) is 1.10. The molecule has 1 amide bonds. The number of nitrogens with one attached hydrogen (secondary N) is 1. The van der Waals surface area contributed by atoms with Gasteiger partial charge >= 0.3 is 0 Å². The summed E-state index contributed by atoms with van der Waals surface area (Å²) in [6, 6.07) is 6.03. The van der Waals surface area contributed by atoms with Crippen LogP contribution in [0.15, 0.2) is 24.3 Å². The molecular formula is C12H16FNO. The van der Waals surface area contributed by atoms with Gasteiger partial charge in [0.15, 0.2) is 0 Å². The Morgan fingerprint density at radius 2 is 1.87 bits per heavy atom. The Morgan fingerprint density at radius 3 is 2.40 bits per heavy atom. The van der Waals surface area contributed by atoms with Crippen molar-refractivity contribution in [2.75, 3.05) is 0 Å². The zero-order chi connectivity index (χ0) is 11.4. The Labute approximate surface area is 89.5 Å². The van der Waals surface area contributed by atoms with E-state index in [4.69, 9.17) is 0 Å². The van der Waals surface area contributed by atoms with E-state index in [1.54, 1.807) is 12.1 Å². The molecule has 2 nitrogen and oxygen atoms in total. The Morgan fingerprint density at radius 1 is 1.27 bits per heavy atom. The molecule has 0 saturated carbocycles. The summed E-state index contributed by atoms with van der Waals surface area (Å²) in [4.78, 5) is 11.6. The summed E-state index contributed by atoms with van der Waals surface area (Å²) in [5.74, 6) is -0.499. The third-order valence-corrected chi connectivity index (χ3v) is 2.48. The van der Waals surface area contributed by atoms with E-state index >= 15 is 0 Å². The van der Waals surface area contributed by atoms with Crippen LogP contribution in [0.4, 0.5) is 4.39 Å². The van der Waals surface area contributed by atoms with Gasteiger partial charge in [-0.1, -0.05) is 26.0 Å². The minimum atomic E-state index is -0.481. The molecule has 0 heterocycles. The van der Waals surface area contributed by atoms with E-state index in [9.17, 15) is 9.18 Å². The Hall–Kier alpha value is -1.38. The molecule has 0 aromatic heterocycles. The predicted molar refractivity (Wildman–Crippen MR) is 58.2 cm³/mol. The van der Waals surface area contributed by atoms with Crippen molar-refractivity contribution >= 4 is 5.91 Å². The molecule has 82 valence electrons. The number of amides is 1. The number of hydrogen-bond donors (Lipinski definition) is 1. The van der Waals surface area contributed by atoms with E-state index in [0.29, 0.717) is 5.92 Å². The summed E-state index contributed by atoms with van der Waals surface area (Å²) in [5.41, 5.74) is 0.102. The number of carbonyl (C=O) groups is 1. The van der Waals surface area contributed by atoms with Crippen molar-refractivity contribution < 1.29 is 9.18 Å². The van der Waals surface area contributed by atoms with Gasteiger partial charge in [-0.05, 0) is 25.0 Å². The first kappa shape index (κ1) is 11.7. The number of hydrogen-bond acceptors (Lipinski definition) is 1. The van der Waals surface area contributed by atoms with Gasteiger partial charge in [-0.3, -0.25) is 4.79 Å². The molecule has 0 aliphatic rings. The number of rotatable bonds is 3. The Kier molecular flexibility index (Phi) is 3.83. The van der Waals surface area contributed by atoms with Crippen LogP contribution in [0.3, 0.4) is 0 Å². The highest BCUT2D eigenvalue weighted by atomic mass is 19.1. The molecule has 0 fully saturated rings. The molecule has 0 bridgehead atoms. The van der Waals surface area contributed by atoms with Gasteiger partial charge in [0.2, 0.25) is 0 Å². The van der Waals surface area contributed by atoms with Crippen LogP contribution in [-0.4, -0.2) is 11.9 Å². The fourth-order valence-corrected chi connectivity index (χ4v) is 1.10. The van der Waals surface area contributed by atoms with E-state index < -0.39 is 5.82 Å². The van der Waals surface area contributed by atoms with Gasteiger partial charge in [0.25, 0.3) is 5.91 Å². The van der Waals surface area contributed by atoms with Gasteiger partial charge in [-0.2, -0.15) is 0 Å². The second-order valence-corrected chi connectivity index (χ2v) is 3.99. The minimum absolute atomic E-state index is 0.0390. The molecule has 15 heavy (non-hydrogen) atoms. The highest BCUT2D eigenvalue weighted by Crippen LogP contribution is 2.07. The fraction of sp³-hybridized carbons (Fsp3) is 0.417. The van der Waals surface area contributed by atoms with Crippen LogP contribution in [0.1, 0.15) is 31.1 Å². The lowest BCUT2D eigenvalue weighted by atomic mass is 10.1. The molecule has 0 aliphatic carbocycles. The van der Waals surface area contributed by atoms with E-state index in [0.717, 1.165) is 0 Å². The van der Waals surface area contributed by atoms with Crippen molar-refractivity contribution in [2.24, 2.45) is 5.92 Å². The largest absolute Gasteiger partial charge is 0.349 e. The van der Waals surface area contributed by atoms with Crippen LogP contribution in [0.25, 0.3) is 0 Å². The summed E-state index contributed by atoms with van der Waals surface area (Å²) in [6.07, 6.45) is 0. The molecule has 0 saturated heterocycles. The molecule has 1 atom stereocenters. The average molecular weight is 209 g/mol. The minimum Gasteiger partial charge on any atom is -0.349 e. The highest BCUT2D eigenvalue weighted by molar-refractivity contribution is 5.94. The second kappa shape index (κ2) is 4.91. The zero-order valence-corrected chi connectivity index (χ0v) is 9.25. The lowest BCUT2D eigenvalue weighted by molar-refractivity contribution is 0.0926. The van der Waals surface area contributed by atoms with E-state index in [-0.39, 0.29) is 17.5 Å². The summed E-state index contributed by atoms with van der Waals surface area (Å²) in [7, 11) is 0. The molecule has 1 N–H and O–H groups in total. The molecular weight excluding hydrogens is 193 g/mol. The average Bonchev–Trinajstić information content (AvgIpc) is 2.18. The van der Waals surface area contributed by atoms with Gasteiger partial charge in [0.1, 0.15) is 5.82 Å². The standard InChI is InChI=1S/C12H16FNO/c1-8(2)9(3)14-12(15)10-6-4-5-7-11(10)13/h4-9H,1-3H3,(H,14,15). The number of halogens is 1. The first-order valence-corrected chi connectivity index (χ1v) is 5.07. The Bertz CT molecular complexity index is 349. The first-order chi connectivity index (χ1) is 7.02. The number of carbonyl (C=O) groups excluding carboxylic acids is 1. The smallest absolute Gasteiger partial charge is 0.254 e. The lowest BCUT2D eigenvalue weighted by Crippen LogP contribution is -2.36. The summed E-state index contributed by atoms with van der Waals surface area (Å²) >= 11 is 0. The topological polar surface area (TPSA) is 29.1 Å². The molecule has 1 aromatic rings. The first-order valence-electron chi connectivity index (χ1n) is 5.07. The summed E-state index contributed by atoms with van der Waals surface area (Å²) in [5, 5.41) is 2.76. The van der Waals surface area contributed by atoms with Crippen LogP contribution >= 0.6 is 0 Å². The Balaban J connectivity index is 2.74. The van der Waals surface area contributed by atoms with E-state index in [1.165, 1.54) is 12.1 Å². The van der Waals surface area contributed by atoms with Gasteiger partial charge in [-0.15, -0.1) is 0 Å². The second-order valence-electron chi connectivity index (χ2n) is 3.99. The van der Waals surface area contributed by atoms with Crippen LogP contribution in [0, 0.1) is 11.7 Å². The maximum Gasteiger partial charge on any atom is 0.254 e. The predicted octanol–water partition coefficient (Wildman–Crippen LogP) is 2.60. The van der Waals surface area contributed by atoms with Crippen molar-refractivity contribution in [1.29, 1.82) is 0 Å². The maximum absolute atomic E-state index is 13.2. The SMILES string of the molecule is CC(C)C(C)NC(=O)c1ccccc1F. The van der Waals surface area contributed by atoms with Gasteiger partial charge in [-0.25, -0.2) is 4.39 Å². The van der Waals surface area contributed by atoms with Crippen molar-refractivity contribution in [3.63, 3.8) is 0 Å². The molecule has 1 rings (SSSR count). The van der Waals surface area contributed by atoms with Crippen LogP contribution in [0.5, 0.6) is 0 Å². The maximum atomic E-state index is 13.2. The molecule has 1 aromatic carbocycles. The van der Waals surface area contributed by atoms with Gasteiger partial charge < -0.3 is 5.32 Å². The zero-order valence-electron chi connectivity index (χ0n) is 9.25. The normalized spacial score (nSPS) is 12.6. The summed E-state index contributed by atoms with van der Waals surface area (Å²) in [6.45, 7) is 5.92. The lowest BCUT2D eigenvalue weighted by Gasteiger charge is -2.17. The van der Waals surface area contributed by atoms with Crippen molar-refractivity contribution in [2.45, 2.75) is 26.8 Å². The molecule has 0 radical (unpaired) electrons. The molecule has 0 spiro atoms. The highest BCUT2D eigenvalue weighted by Gasteiger charge is 2.14. The van der Waals surface area contributed by atoms with Crippen molar-refractivity contribution in [3.05, 3.63) is 35.6 Å². The monoisotopic (exact) mass is 209 g/mol. The molecule has 1 unspecified atom stereocenters. The van der Waals surface area contributed by atoms with Crippen LogP contribution < -0.4 is 5.32 Å². The third kappa shape index (κ3) is 3.05. The third-order valence-electron chi connectivity index (χ3n) is 2.48. The van der Waals surface area contributed by atoms with E-state index in [1.807, 2.05) is 20.8 Å². The van der Waals surface area contributed by atoms with E-state index in [2.05, 4.69) is 5.32 Å². The molecule has 3 heteroatoms. The van der Waals surface area contributed by atoms with Crippen molar-refractivity contribution in [1.82, 2.24) is 5.32 Å². The quantitative estimate of drug-likeness (QED) is 0.814. The van der Waals surface area contributed by atoms with Crippen molar-refractivity contribution in [3.8, 4) is 0 Å². The van der Waals surface area contributed by atoms with Crippen LogP contribution in [-0.2, 0) is 0 Å².